The van der Waals surface area contributed by atoms with E-state index in [-0.39, 0.29) is 24.0 Å². The molecular weight excluding hydrogens is 216 g/mol. The van der Waals surface area contributed by atoms with Gasteiger partial charge in [0.2, 0.25) is 0 Å². The third kappa shape index (κ3) is 3.68. The van der Waals surface area contributed by atoms with Crippen molar-refractivity contribution in [2.45, 2.75) is 69.6 Å². The minimum atomic E-state index is -0.0272. The van der Waals surface area contributed by atoms with E-state index in [0.29, 0.717) is 6.04 Å². The number of esters is 1. The molecular formula is C13H24N2O2. The lowest BCUT2D eigenvalue weighted by Gasteiger charge is -2.30. The van der Waals surface area contributed by atoms with Gasteiger partial charge in [-0.1, -0.05) is 6.42 Å². The first-order valence-electron chi connectivity index (χ1n) is 6.87. The Morgan fingerprint density at radius 2 is 1.65 bits per heavy atom. The van der Waals surface area contributed by atoms with Crippen LogP contribution in [0.2, 0.25) is 0 Å². The SMILES string of the molecule is NC1CCC(OC(=O)C2CCCC(N)C2)CC1. The highest BCUT2D eigenvalue weighted by Gasteiger charge is 2.29. The summed E-state index contributed by atoms with van der Waals surface area (Å²) in [7, 11) is 0. The summed E-state index contributed by atoms with van der Waals surface area (Å²) < 4.78 is 5.58. The maximum absolute atomic E-state index is 12.0. The van der Waals surface area contributed by atoms with Gasteiger partial charge in [-0.05, 0) is 44.9 Å². The molecule has 2 unspecified atom stereocenters. The maximum atomic E-state index is 12.0. The first-order chi connectivity index (χ1) is 8.15. The lowest BCUT2D eigenvalue weighted by Crippen LogP contribution is -2.36. The van der Waals surface area contributed by atoms with Gasteiger partial charge in [-0.2, -0.15) is 0 Å². The van der Waals surface area contributed by atoms with Crippen molar-refractivity contribution in [2.75, 3.05) is 0 Å². The van der Waals surface area contributed by atoms with Crippen molar-refractivity contribution in [3.63, 3.8) is 0 Å². The highest BCUT2D eigenvalue weighted by Crippen LogP contribution is 2.27. The minimum absolute atomic E-state index is 0.0272. The van der Waals surface area contributed by atoms with Crippen molar-refractivity contribution in [1.29, 1.82) is 0 Å². The Morgan fingerprint density at radius 3 is 2.29 bits per heavy atom. The quantitative estimate of drug-likeness (QED) is 0.713. The van der Waals surface area contributed by atoms with Crippen molar-refractivity contribution < 1.29 is 9.53 Å². The fourth-order valence-corrected chi connectivity index (χ4v) is 2.91. The fourth-order valence-electron chi connectivity index (χ4n) is 2.91. The van der Waals surface area contributed by atoms with Gasteiger partial charge < -0.3 is 16.2 Å². The first-order valence-corrected chi connectivity index (χ1v) is 6.87. The van der Waals surface area contributed by atoms with Crippen molar-refractivity contribution >= 4 is 5.97 Å². The van der Waals surface area contributed by atoms with Gasteiger partial charge in [-0.25, -0.2) is 0 Å². The van der Waals surface area contributed by atoms with Crippen LogP contribution in [0, 0.1) is 5.92 Å². The molecule has 0 radical (unpaired) electrons. The monoisotopic (exact) mass is 240 g/mol. The molecule has 2 aliphatic carbocycles. The van der Waals surface area contributed by atoms with E-state index in [0.717, 1.165) is 51.4 Å². The van der Waals surface area contributed by atoms with E-state index in [2.05, 4.69) is 0 Å². The molecule has 0 aromatic rings. The fraction of sp³-hybridized carbons (Fsp3) is 0.923. The molecule has 2 rings (SSSR count). The van der Waals surface area contributed by atoms with E-state index in [9.17, 15) is 4.79 Å². The summed E-state index contributed by atoms with van der Waals surface area (Å²) in [5.74, 6) is 0.00923. The molecule has 0 saturated heterocycles. The molecule has 2 fully saturated rings. The third-order valence-electron chi connectivity index (χ3n) is 4.05. The Labute approximate surface area is 103 Å². The van der Waals surface area contributed by atoms with E-state index < -0.39 is 0 Å². The van der Waals surface area contributed by atoms with Crippen LogP contribution in [0.5, 0.6) is 0 Å². The number of carbonyl (C=O) groups is 1. The van der Waals surface area contributed by atoms with Gasteiger partial charge in [0.25, 0.3) is 0 Å². The number of carbonyl (C=O) groups excluding carboxylic acids is 1. The highest BCUT2D eigenvalue weighted by atomic mass is 16.5. The Balaban J connectivity index is 1.76. The Kier molecular flexibility index (Phi) is 4.40. The lowest BCUT2D eigenvalue weighted by molar-refractivity contribution is -0.157. The van der Waals surface area contributed by atoms with Crippen LogP contribution in [-0.2, 0) is 9.53 Å². The molecule has 17 heavy (non-hydrogen) atoms. The van der Waals surface area contributed by atoms with Gasteiger partial charge in [0.15, 0.2) is 0 Å². The van der Waals surface area contributed by atoms with Crippen LogP contribution in [0.3, 0.4) is 0 Å². The zero-order chi connectivity index (χ0) is 12.3. The van der Waals surface area contributed by atoms with Crippen LogP contribution < -0.4 is 11.5 Å². The lowest BCUT2D eigenvalue weighted by atomic mass is 9.86. The number of hydrogen-bond acceptors (Lipinski definition) is 4. The van der Waals surface area contributed by atoms with E-state index >= 15 is 0 Å². The van der Waals surface area contributed by atoms with Crippen LogP contribution in [0.4, 0.5) is 0 Å². The highest BCUT2D eigenvalue weighted by molar-refractivity contribution is 5.72. The van der Waals surface area contributed by atoms with Gasteiger partial charge in [0.05, 0.1) is 5.92 Å². The van der Waals surface area contributed by atoms with E-state index in [1.54, 1.807) is 0 Å². The molecule has 4 heteroatoms. The predicted octanol–water partition coefficient (Wildman–Crippen LogP) is 1.32. The van der Waals surface area contributed by atoms with Gasteiger partial charge in [0.1, 0.15) is 6.10 Å². The third-order valence-corrected chi connectivity index (χ3v) is 4.05. The Bertz CT molecular complexity index is 262. The van der Waals surface area contributed by atoms with Gasteiger partial charge in [-0.3, -0.25) is 4.79 Å². The predicted molar refractivity (Wildman–Crippen MR) is 66.3 cm³/mol. The second-order valence-corrected chi connectivity index (χ2v) is 5.60. The van der Waals surface area contributed by atoms with Gasteiger partial charge in [0, 0.05) is 12.1 Å². The first kappa shape index (κ1) is 12.8. The van der Waals surface area contributed by atoms with E-state index in [1.165, 1.54) is 0 Å². The van der Waals surface area contributed by atoms with E-state index in [1.807, 2.05) is 0 Å². The van der Waals surface area contributed by atoms with E-state index in [4.69, 9.17) is 16.2 Å². The molecule has 0 amide bonds. The number of nitrogens with two attached hydrogens (primary N) is 2. The Morgan fingerprint density at radius 1 is 0.941 bits per heavy atom. The molecule has 0 heterocycles. The molecule has 2 saturated carbocycles. The number of hydrogen-bond donors (Lipinski definition) is 2. The molecule has 0 aromatic heterocycles. The van der Waals surface area contributed by atoms with Crippen LogP contribution in [0.15, 0.2) is 0 Å². The second kappa shape index (κ2) is 5.83. The average molecular weight is 240 g/mol. The molecule has 0 bridgehead atoms. The number of rotatable bonds is 2. The van der Waals surface area contributed by atoms with Crippen molar-refractivity contribution in [3.8, 4) is 0 Å². The van der Waals surface area contributed by atoms with Crippen molar-refractivity contribution in [2.24, 2.45) is 17.4 Å². The summed E-state index contributed by atoms with van der Waals surface area (Å²) in [5.41, 5.74) is 11.7. The summed E-state index contributed by atoms with van der Waals surface area (Å²) in [6, 6.07) is 0.481. The van der Waals surface area contributed by atoms with Crippen LogP contribution in [0.25, 0.3) is 0 Å². The van der Waals surface area contributed by atoms with Crippen molar-refractivity contribution in [3.05, 3.63) is 0 Å². The van der Waals surface area contributed by atoms with Gasteiger partial charge >= 0.3 is 5.97 Å². The summed E-state index contributed by atoms with van der Waals surface area (Å²) in [4.78, 5) is 12.0. The molecule has 0 aliphatic heterocycles. The summed E-state index contributed by atoms with van der Waals surface area (Å²) in [6.07, 6.45) is 7.73. The van der Waals surface area contributed by atoms with Gasteiger partial charge in [-0.15, -0.1) is 0 Å². The topological polar surface area (TPSA) is 78.3 Å². The Hall–Kier alpha value is -0.610. The number of ether oxygens (including phenoxy) is 1. The largest absolute Gasteiger partial charge is 0.462 e. The normalized spacial score (nSPS) is 38.7. The zero-order valence-corrected chi connectivity index (χ0v) is 10.4. The second-order valence-electron chi connectivity index (χ2n) is 5.60. The molecule has 0 aromatic carbocycles. The smallest absolute Gasteiger partial charge is 0.309 e. The zero-order valence-electron chi connectivity index (χ0n) is 10.4. The molecule has 0 spiro atoms. The minimum Gasteiger partial charge on any atom is -0.462 e. The summed E-state index contributed by atoms with van der Waals surface area (Å²) in [5, 5.41) is 0. The average Bonchev–Trinajstić information content (AvgIpc) is 2.32. The standard InChI is InChI=1S/C13H24N2O2/c14-10-4-6-12(7-5-10)17-13(16)9-2-1-3-11(15)8-9/h9-12H,1-8,14-15H2. The van der Waals surface area contributed by atoms with Crippen LogP contribution >= 0.6 is 0 Å². The molecule has 98 valence electrons. The van der Waals surface area contributed by atoms with Crippen LogP contribution in [0.1, 0.15) is 51.4 Å². The van der Waals surface area contributed by atoms with Crippen molar-refractivity contribution in [1.82, 2.24) is 0 Å². The summed E-state index contributed by atoms with van der Waals surface area (Å²) >= 11 is 0. The molecule has 4 N–H and O–H groups in total. The maximum Gasteiger partial charge on any atom is 0.309 e. The molecule has 4 nitrogen and oxygen atoms in total. The molecule has 2 aliphatic rings. The molecule has 2 atom stereocenters. The summed E-state index contributed by atoms with van der Waals surface area (Å²) in [6.45, 7) is 0. The van der Waals surface area contributed by atoms with Crippen LogP contribution in [-0.4, -0.2) is 24.2 Å².